The summed E-state index contributed by atoms with van der Waals surface area (Å²) in [5.74, 6) is -1.80. The lowest BCUT2D eigenvalue weighted by Crippen LogP contribution is -2.46. The van der Waals surface area contributed by atoms with Crippen molar-refractivity contribution in [3.8, 4) is 5.75 Å². The van der Waals surface area contributed by atoms with Gasteiger partial charge in [0, 0.05) is 6.42 Å². The molecule has 0 aromatic heterocycles. The molecule has 0 unspecified atom stereocenters. The van der Waals surface area contributed by atoms with Gasteiger partial charge in [-0.15, -0.1) is 0 Å². The number of hydrogen-bond acceptors (Lipinski definition) is 5. The Labute approximate surface area is 155 Å². The van der Waals surface area contributed by atoms with Crippen molar-refractivity contribution in [3.63, 3.8) is 0 Å². The summed E-state index contributed by atoms with van der Waals surface area (Å²) in [7, 11) is 0. The number of phenols is 1. The van der Waals surface area contributed by atoms with Crippen LogP contribution < -0.4 is 10.6 Å². The molecule has 4 N–H and O–H groups in total. The molecule has 0 heterocycles. The Bertz CT molecular complexity index is 777. The van der Waals surface area contributed by atoms with Crippen LogP contribution in [0.15, 0.2) is 54.6 Å². The molecule has 2 aromatic carbocycles. The van der Waals surface area contributed by atoms with E-state index in [4.69, 9.17) is 4.74 Å². The lowest BCUT2D eigenvalue weighted by Gasteiger charge is -2.15. The van der Waals surface area contributed by atoms with Gasteiger partial charge in [-0.25, -0.2) is 9.59 Å². The summed E-state index contributed by atoms with van der Waals surface area (Å²) in [6, 6.07) is 13.9. The van der Waals surface area contributed by atoms with Crippen molar-refractivity contribution in [1.82, 2.24) is 10.6 Å². The fourth-order valence-corrected chi connectivity index (χ4v) is 2.24. The molecule has 2 aromatic rings. The number of carbonyl (C=O) groups is 3. The molecule has 8 heteroatoms. The zero-order valence-corrected chi connectivity index (χ0v) is 14.4. The van der Waals surface area contributed by atoms with Gasteiger partial charge >= 0.3 is 12.1 Å². The van der Waals surface area contributed by atoms with E-state index in [2.05, 4.69) is 10.6 Å². The van der Waals surface area contributed by atoms with Crippen LogP contribution >= 0.6 is 0 Å². The van der Waals surface area contributed by atoms with Crippen molar-refractivity contribution < 1.29 is 29.3 Å². The van der Waals surface area contributed by atoms with Crippen molar-refractivity contribution in [2.45, 2.75) is 19.1 Å². The number of rotatable bonds is 8. The summed E-state index contributed by atoms with van der Waals surface area (Å²) < 4.78 is 4.97. The topological polar surface area (TPSA) is 125 Å². The maximum absolute atomic E-state index is 11.9. The molecular weight excluding hydrogens is 352 g/mol. The van der Waals surface area contributed by atoms with Gasteiger partial charge in [0.05, 0.1) is 0 Å². The number of amides is 2. The predicted molar refractivity (Wildman–Crippen MR) is 96.0 cm³/mol. The molecule has 1 atom stereocenters. The molecule has 0 fully saturated rings. The quantitative estimate of drug-likeness (QED) is 0.556. The second-order valence-corrected chi connectivity index (χ2v) is 5.74. The Kier molecular flexibility index (Phi) is 7.18. The molecule has 142 valence electrons. The number of phenolic OH excluding ortho intramolecular Hbond substituents is 1. The van der Waals surface area contributed by atoms with Crippen molar-refractivity contribution in [1.29, 1.82) is 0 Å². The van der Waals surface area contributed by atoms with Gasteiger partial charge in [-0.1, -0.05) is 42.5 Å². The maximum Gasteiger partial charge on any atom is 0.407 e. The van der Waals surface area contributed by atoms with E-state index in [-0.39, 0.29) is 18.8 Å². The average molecular weight is 372 g/mol. The van der Waals surface area contributed by atoms with Crippen LogP contribution in [0.2, 0.25) is 0 Å². The third-order valence-electron chi connectivity index (χ3n) is 3.62. The second kappa shape index (κ2) is 9.81. The Balaban J connectivity index is 1.77. The number of nitrogens with one attached hydrogen (secondary N) is 2. The normalized spacial score (nSPS) is 11.3. The second-order valence-electron chi connectivity index (χ2n) is 5.74. The highest BCUT2D eigenvalue weighted by Crippen LogP contribution is 2.11. The molecule has 2 rings (SSSR count). The molecule has 0 saturated carbocycles. The van der Waals surface area contributed by atoms with Gasteiger partial charge in [0.15, 0.2) is 0 Å². The van der Waals surface area contributed by atoms with Gasteiger partial charge in [-0.3, -0.25) is 4.79 Å². The molecule has 0 spiro atoms. The third-order valence-corrected chi connectivity index (χ3v) is 3.62. The number of ether oxygens (including phenoxy) is 1. The average Bonchev–Trinajstić information content (AvgIpc) is 2.66. The maximum atomic E-state index is 11.9. The first-order valence-corrected chi connectivity index (χ1v) is 8.18. The van der Waals surface area contributed by atoms with Crippen LogP contribution in [-0.2, 0) is 27.4 Å². The largest absolute Gasteiger partial charge is 0.508 e. The number of benzene rings is 2. The monoisotopic (exact) mass is 372 g/mol. The van der Waals surface area contributed by atoms with Gasteiger partial charge in [-0.05, 0) is 23.3 Å². The minimum Gasteiger partial charge on any atom is -0.508 e. The van der Waals surface area contributed by atoms with Crippen LogP contribution in [0.3, 0.4) is 0 Å². The van der Waals surface area contributed by atoms with E-state index >= 15 is 0 Å². The molecule has 0 bridgehead atoms. The number of aromatic hydroxyl groups is 1. The first-order valence-electron chi connectivity index (χ1n) is 8.18. The van der Waals surface area contributed by atoms with E-state index in [0.29, 0.717) is 5.56 Å². The highest BCUT2D eigenvalue weighted by atomic mass is 16.5. The number of carboxylic acids is 1. The first kappa shape index (κ1) is 19.8. The van der Waals surface area contributed by atoms with E-state index in [1.54, 1.807) is 24.3 Å². The van der Waals surface area contributed by atoms with E-state index in [9.17, 15) is 24.6 Å². The van der Waals surface area contributed by atoms with Crippen LogP contribution in [0, 0.1) is 0 Å². The number of hydrogen-bond donors (Lipinski definition) is 4. The van der Waals surface area contributed by atoms with Gasteiger partial charge in [0.1, 0.15) is 24.9 Å². The lowest BCUT2D eigenvalue weighted by molar-refractivity contribution is -0.141. The Morgan fingerprint density at radius 1 is 0.963 bits per heavy atom. The lowest BCUT2D eigenvalue weighted by atomic mass is 10.1. The number of carboxylic acid groups (broad SMARTS) is 1. The van der Waals surface area contributed by atoms with E-state index < -0.39 is 30.6 Å². The number of alkyl carbamates (subject to hydrolysis) is 1. The third kappa shape index (κ3) is 7.07. The summed E-state index contributed by atoms with van der Waals surface area (Å²) in [5, 5.41) is 23.1. The minimum absolute atomic E-state index is 0.0415. The van der Waals surface area contributed by atoms with E-state index in [1.807, 2.05) is 18.2 Å². The Hall–Kier alpha value is -3.55. The number of carbonyl (C=O) groups excluding carboxylic acids is 2. The molecule has 0 aliphatic rings. The highest BCUT2D eigenvalue weighted by Gasteiger charge is 2.20. The van der Waals surface area contributed by atoms with Gasteiger partial charge in [-0.2, -0.15) is 0 Å². The molecular formula is C19H20N2O6. The van der Waals surface area contributed by atoms with E-state index in [1.165, 1.54) is 12.1 Å². The molecule has 0 aliphatic carbocycles. The van der Waals surface area contributed by atoms with Crippen LogP contribution in [-0.4, -0.2) is 40.8 Å². The summed E-state index contributed by atoms with van der Waals surface area (Å²) in [6.07, 6.45) is -0.737. The first-order chi connectivity index (χ1) is 12.9. The zero-order chi connectivity index (χ0) is 19.6. The van der Waals surface area contributed by atoms with Crippen LogP contribution in [0.5, 0.6) is 5.75 Å². The van der Waals surface area contributed by atoms with Crippen LogP contribution in [0.25, 0.3) is 0 Å². The number of aliphatic carboxylic acids is 1. The van der Waals surface area contributed by atoms with Crippen molar-refractivity contribution in [3.05, 3.63) is 65.7 Å². The van der Waals surface area contributed by atoms with Gasteiger partial charge < -0.3 is 25.6 Å². The van der Waals surface area contributed by atoms with Crippen molar-refractivity contribution in [2.75, 3.05) is 6.54 Å². The fraction of sp³-hybridized carbons (Fsp3) is 0.211. The standard InChI is InChI=1S/C19H20N2O6/c22-15-8-6-13(7-9-15)10-16(18(24)25)21-17(23)11-20-19(26)27-12-14-4-2-1-3-5-14/h1-9,16,22H,10-12H2,(H,20,26)(H,21,23)(H,24,25)/t16-/m1/s1. The smallest absolute Gasteiger partial charge is 0.407 e. The van der Waals surface area contributed by atoms with Crippen LogP contribution in [0.4, 0.5) is 4.79 Å². The molecule has 0 saturated heterocycles. The minimum atomic E-state index is -1.21. The van der Waals surface area contributed by atoms with Crippen molar-refractivity contribution >= 4 is 18.0 Å². The molecule has 8 nitrogen and oxygen atoms in total. The van der Waals surface area contributed by atoms with Crippen LogP contribution in [0.1, 0.15) is 11.1 Å². The van der Waals surface area contributed by atoms with Gasteiger partial charge in [0.2, 0.25) is 5.91 Å². The highest BCUT2D eigenvalue weighted by molar-refractivity contribution is 5.86. The summed E-state index contributed by atoms with van der Waals surface area (Å²) in [4.78, 5) is 34.8. The Morgan fingerprint density at radius 2 is 1.63 bits per heavy atom. The molecule has 0 aliphatic heterocycles. The molecule has 27 heavy (non-hydrogen) atoms. The summed E-state index contributed by atoms with van der Waals surface area (Å²) in [5.41, 5.74) is 1.44. The van der Waals surface area contributed by atoms with E-state index in [0.717, 1.165) is 5.56 Å². The summed E-state index contributed by atoms with van der Waals surface area (Å²) >= 11 is 0. The molecule has 0 radical (unpaired) electrons. The van der Waals surface area contributed by atoms with Gasteiger partial charge in [0.25, 0.3) is 0 Å². The molecule has 2 amide bonds. The SMILES string of the molecule is O=C(CNC(=O)OCc1ccccc1)N[C@H](Cc1ccc(O)cc1)C(=O)O. The zero-order valence-electron chi connectivity index (χ0n) is 14.4. The Morgan fingerprint density at radius 3 is 2.26 bits per heavy atom. The fourth-order valence-electron chi connectivity index (χ4n) is 2.24. The van der Waals surface area contributed by atoms with Crippen molar-refractivity contribution in [2.24, 2.45) is 0 Å². The summed E-state index contributed by atoms with van der Waals surface area (Å²) in [6.45, 7) is -0.347. The predicted octanol–water partition coefficient (Wildman–Crippen LogP) is 1.43.